The lowest BCUT2D eigenvalue weighted by molar-refractivity contribution is 0.136. The maximum atomic E-state index is 5.76. The average molecular weight is 279 g/mol. The third-order valence-electron chi connectivity index (χ3n) is 4.98. The highest BCUT2D eigenvalue weighted by molar-refractivity contribution is 5.06. The molecule has 5 heteroatoms. The van der Waals surface area contributed by atoms with Crippen molar-refractivity contribution in [1.82, 2.24) is 20.1 Å². The summed E-state index contributed by atoms with van der Waals surface area (Å²) in [5, 5.41) is 4.76. The van der Waals surface area contributed by atoms with Crippen molar-refractivity contribution >= 4 is 0 Å². The molecule has 2 rings (SSSR count). The van der Waals surface area contributed by atoms with Gasteiger partial charge in [0.15, 0.2) is 0 Å². The van der Waals surface area contributed by atoms with Crippen molar-refractivity contribution < 1.29 is 0 Å². The van der Waals surface area contributed by atoms with Gasteiger partial charge in [-0.3, -0.25) is 16.0 Å². The molecule has 1 fully saturated rings. The first-order valence-electron chi connectivity index (χ1n) is 7.62. The zero-order valence-corrected chi connectivity index (χ0v) is 13.3. The van der Waals surface area contributed by atoms with Crippen molar-refractivity contribution in [2.24, 2.45) is 5.84 Å². The van der Waals surface area contributed by atoms with E-state index in [1.165, 1.54) is 25.7 Å². The Morgan fingerprint density at radius 1 is 1.45 bits per heavy atom. The Hall–Kier alpha value is -0.910. The SMILES string of the molecule is CN(C)C(C)(C)C(Cc1ccn(C2CCCC2)n1)NN. The van der Waals surface area contributed by atoms with E-state index < -0.39 is 0 Å². The van der Waals surface area contributed by atoms with Crippen LogP contribution in [0.1, 0.15) is 51.3 Å². The fourth-order valence-corrected chi connectivity index (χ4v) is 2.89. The van der Waals surface area contributed by atoms with E-state index in [1.54, 1.807) is 0 Å². The molecular formula is C15H29N5. The highest BCUT2D eigenvalue weighted by Gasteiger charge is 2.31. The van der Waals surface area contributed by atoms with Crippen LogP contribution in [0.3, 0.4) is 0 Å². The molecule has 1 atom stereocenters. The van der Waals surface area contributed by atoms with Crippen LogP contribution < -0.4 is 11.3 Å². The lowest BCUT2D eigenvalue weighted by atomic mass is 9.90. The molecule has 0 saturated heterocycles. The van der Waals surface area contributed by atoms with Gasteiger partial charge in [0.2, 0.25) is 0 Å². The van der Waals surface area contributed by atoms with Gasteiger partial charge in [-0.15, -0.1) is 0 Å². The molecule has 20 heavy (non-hydrogen) atoms. The molecule has 1 heterocycles. The summed E-state index contributed by atoms with van der Waals surface area (Å²) < 4.78 is 2.15. The lowest BCUT2D eigenvalue weighted by Crippen LogP contribution is -2.58. The number of nitrogens with one attached hydrogen (secondary N) is 1. The van der Waals surface area contributed by atoms with Gasteiger partial charge in [-0.2, -0.15) is 5.10 Å². The predicted octanol–water partition coefficient (Wildman–Crippen LogP) is 1.71. The number of hydrogen-bond acceptors (Lipinski definition) is 4. The molecule has 114 valence electrons. The second kappa shape index (κ2) is 6.24. The van der Waals surface area contributed by atoms with Crippen LogP contribution >= 0.6 is 0 Å². The first-order chi connectivity index (χ1) is 9.45. The molecule has 1 aliphatic carbocycles. The summed E-state index contributed by atoms with van der Waals surface area (Å²) >= 11 is 0. The van der Waals surface area contributed by atoms with E-state index in [9.17, 15) is 0 Å². The van der Waals surface area contributed by atoms with E-state index in [1.807, 2.05) is 0 Å². The smallest absolute Gasteiger partial charge is 0.0641 e. The molecular weight excluding hydrogens is 250 g/mol. The fourth-order valence-electron chi connectivity index (χ4n) is 2.89. The van der Waals surface area contributed by atoms with Crippen LogP contribution in [0.4, 0.5) is 0 Å². The molecule has 0 bridgehead atoms. The van der Waals surface area contributed by atoms with Gasteiger partial charge in [0.05, 0.1) is 11.7 Å². The molecule has 1 unspecified atom stereocenters. The van der Waals surface area contributed by atoms with Gasteiger partial charge in [0, 0.05) is 24.2 Å². The molecule has 1 aromatic rings. The number of rotatable bonds is 6. The number of hydrazine groups is 1. The van der Waals surface area contributed by atoms with Crippen molar-refractivity contribution in [1.29, 1.82) is 0 Å². The number of hydrogen-bond donors (Lipinski definition) is 2. The maximum absolute atomic E-state index is 5.76. The fraction of sp³-hybridized carbons (Fsp3) is 0.800. The standard InChI is InChI=1S/C15H29N5/c1-15(2,19(3)4)14(17-16)11-12-9-10-20(18-12)13-7-5-6-8-13/h9-10,13-14,17H,5-8,11,16H2,1-4H3. The summed E-state index contributed by atoms with van der Waals surface area (Å²) in [6.45, 7) is 4.40. The van der Waals surface area contributed by atoms with Crippen LogP contribution in [-0.2, 0) is 6.42 Å². The quantitative estimate of drug-likeness (QED) is 0.615. The minimum absolute atomic E-state index is 0.0219. The molecule has 1 aliphatic rings. The highest BCUT2D eigenvalue weighted by Crippen LogP contribution is 2.29. The zero-order valence-electron chi connectivity index (χ0n) is 13.3. The Morgan fingerprint density at radius 3 is 2.65 bits per heavy atom. The summed E-state index contributed by atoms with van der Waals surface area (Å²) in [5.41, 5.74) is 4.06. The highest BCUT2D eigenvalue weighted by atomic mass is 15.3. The van der Waals surface area contributed by atoms with Gasteiger partial charge in [0.1, 0.15) is 0 Å². The minimum Gasteiger partial charge on any atom is -0.303 e. The molecule has 0 radical (unpaired) electrons. The molecule has 1 aromatic heterocycles. The van der Waals surface area contributed by atoms with Crippen LogP contribution in [0, 0.1) is 0 Å². The summed E-state index contributed by atoms with van der Waals surface area (Å²) in [5.74, 6) is 5.76. The van der Waals surface area contributed by atoms with E-state index in [0.717, 1.165) is 12.1 Å². The average Bonchev–Trinajstić information content (AvgIpc) is 3.06. The molecule has 3 N–H and O–H groups in total. The van der Waals surface area contributed by atoms with E-state index >= 15 is 0 Å². The maximum Gasteiger partial charge on any atom is 0.0641 e. The van der Waals surface area contributed by atoms with Crippen molar-refractivity contribution in [2.75, 3.05) is 14.1 Å². The second-order valence-electron chi connectivity index (χ2n) is 6.70. The van der Waals surface area contributed by atoms with Crippen LogP contribution in [0.25, 0.3) is 0 Å². The normalized spacial score (nSPS) is 18.9. The van der Waals surface area contributed by atoms with Gasteiger partial charge in [-0.05, 0) is 46.9 Å². The first kappa shape index (κ1) is 15.5. The van der Waals surface area contributed by atoms with Crippen molar-refractivity contribution in [2.45, 2.75) is 63.6 Å². The van der Waals surface area contributed by atoms with Gasteiger partial charge in [-0.25, -0.2) is 0 Å². The Bertz CT molecular complexity index is 418. The van der Waals surface area contributed by atoms with E-state index in [2.05, 4.69) is 55.2 Å². The molecule has 5 nitrogen and oxygen atoms in total. The Balaban J connectivity index is 2.04. The number of nitrogens with two attached hydrogens (primary N) is 1. The lowest BCUT2D eigenvalue weighted by Gasteiger charge is -2.39. The van der Waals surface area contributed by atoms with Crippen LogP contribution in [0.5, 0.6) is 0 Å². The van der Waals surface area contributed by atoms with E-state index in [4.69, 9.17) is 10.9 Å². The van der Waals surface area contributed by atoms with Crippen molar-refractivity contribution in [3.63, 3.8) is 0 Å². The third-order valence-corrected chi connectivity index (χ3v) is 4.98. The molecule has 0 spiro atoms. The second-order valence-corrected chi connectivity index (χ2v) is 6.70. The Kier molecular flexibility index (Phi) is 4.83. The monoisotopic (exact) mass is 279 g/mol. The molecule has 1 saturated carbocycles. The van der Waals surface area contributed by atoms with Gasteiger partial charge < -0.3 is 4.90 Å². The largest absolute Gasteiger partial charge is 0.303 e. The Labute approximate surface area is 122 Å². The van der Waals surface area contributed by atoms with Crippen molar-refractivity contribution in [3.05, 3.63) is 18.0 Å². The van der Waals surface area contributed by atoms with Gasteiger partial charge >= 0.3 is 0 Å². The van der Waals surface area contributed by atoms with Gasteiger partial charge in [-0.1, -0.05) is 12.8 Å². The summed E-state index contributed by atoms with van der Waals surface area (Å²) in [7, 11) is 4.17. The van der Waals surface area contributed by atoms with Crippen molar-refractivity contribution in [3.8, 4) is 0 Å². The van der Waals surface area contributed by atoms with Gasteiger partial charge in [0.25, 0.3) is 0 Å². The molecule has 0 aromatic carbocycles. The van der Waals surface area contributed by atoms with E-state index in [-0.39, 0.29) is 11.6 Å². The molecule has 0 aliphatic heterocycles. The van der Waals surface area contributed by atoms with Crippen LogP contribution in [0.15, 0.2) is 12.3 Å². The number of aromatic nitrogens is 2. The Morgan fingerprint density at radius 2 is 2.10 bits per heavy atom. The number of nitrogens with zero attached hydrogens (tertiary/aromatic N) is 3. The zero-order chi connectivity index (χ0) is 14.8. The topological polar surface area (TPSA) is 59.1 Å². The first-order valence-corrected chi connectivity index (χ1v) is 7.62. The van der Waals surface area contributed by atoms with E-state index in [0.29, 0.717) is 6.04 Å². The summed E-state index contributed by atoms with van der Waals surface area (Å²) in [6.07, 6.45) is 8.18. The minimum atomic E-state index is -0.0219. The summed E-state index contributed by atoms with van der Waals surface area (Å²) in [4.78, 5) is 2.20. The number of likely N-dealkylation sites (N-methyl/N-ethyl adjacent to an activating group) is 1. The van der Waals surface area contributed by atoms with Crippen LogP contribution in [-0.4, -0.2) is 40.4 Å². The van der Waals surface area contributed by atoms with Crippen LogP contribution in [0.2, 0.25) is 0 Å². The third kappa shape index (κ3) is 3.22. The molecule has 0 amide bonds. The predicted molar refractivity (Wildman–Crippen MR) is 82.3 cm³/mol. The summed E-state index contributed by atoms with van der Waals surface area (Å²) in [6, 6.07) is 2.91.